The molecule has 92 valence electrons. The highest BCUT2D eigenvalue weighted by Gasteiger charge is 2.27. The molecule has 1 saturated heterocycles. The molecule has 2 rings (SSSR count). The second-order valence-corrected chi connectivity index (χ2v) is 4.69. The molecule has 0 aliphatic carbocycles. The maximum Gasteiger partial charge on any atom is 0.166 e. The fourth-order valence-corrected chi connectivity index (χ4v) is 1.83. The van der Waals surface area contributed by atoms with Gasteiger partial charge in [-0.1, -0.05) is 13.8 Å². The van der Waals surface area contributed by atoms with Gasteiger partial charge in [0.15, 0.2) is 5.78 Å². The van der Waals surface area contributed by atoms with Crippen LogP contribution in [0.4, 0.5) is 5.82 Å². The van der Waals surface area contributed by atoms with Crippen LogP contribution in [-0.2, 0) is 4.74 Å². The summed E-state index contributed by atoms with van der Waals surface area (Å²) in [7, 11) is 1.72. The van der Waals surface area contributed by atoms with Crippen molar-refractivity contribution in [3.63, 3.8) is 0 Å². The normalized spacial score (nSPS) is 16.1. The third-order valence-corrected chi connectivity index (χ3v) is 3.06. The maximum atomic E-state index is 11.7. The number of methoxy groups -OCH3 is 1. The number of Topliss-reactive ketones (excluding diaryl/α,β-unsaturated/α-hetero) is 1. The number of hydrogen-bond donors (Lipinski definition) is 0. The largest absolute Gasteiger partial charge is 0.378 e. The molecule has 1 fully saturated rings. The summed E-state index contributed by atoms with van der Waals surface area (Å²) >= 11 is 0. The first kappa shape index (κ1) is 12.0. The molecule has 1 aromatic rings. The molecule has 0 atom stereocenters. The van der Waals surface area contributed by atoms with Gasteiger partial charge in [-0.2, -0.15) is 0 Å². The summed E-state index contributed by atoms with van der Waals surface area (Å²) in [4.78, 5) is 18.2. The summed E-state index contributed by atoms with van der Waals surface area (Å²) in [5, 5.41) is 0. The number of pyridine rings is 1. The topological polar surface area (TPSA) is 42.4 Å². The van der Waals surface area contributed by atoms with Crippen LogP contribution in [0.1, 0.15) is 24.2 Å². The monoisotopic (exact) mass is 234 g/mol. The van der Waals surface area contributed by atoms with Crippen LogP contribution in [0.2, 0.25) is 0 Å². The number of ether oxygens (including phenoxy) is 1. The minimum Gasteiger partial charge on any atom is -0.378 e. The highest BCUT2D eigenvalue weighted by Crippen LogP contribution is 2.20. The molecule has 0 N–H and O–H groups in total. The molecular formula is C13H18N2O2. The molecule has 0 bridgehead atoms. The third kappa shape index (κ3) is 2.47. The van der Waals surface area contributed by atoms with Gasteiger partial charge in [-0.15, -0.1) is 0 Å². The standard InChI is InChI=1S/C13H18N2O2/c1-9(2)13(16)10-4-5-12(14-6-10)15-7-11(8-15)17-3/h4-6,9,11H,7-8H2,1-3H3. The van der Waals surface area contributed by atoms with E-state index in [1.807, 2.05) is 26.0 Å². The van der Waals surface area contributed by atoms with Gasteiger partial charge in [0.25, 0.3) is 0 Å². The fourth-order valence-electron chi connectivity index (χ4n) is 1.83. The van der Waals surface area contributed by atoms with Gasteiger partial charge in [-0.3, -0.25) is 4.79 Å². The molecule has 0 spiro atoms. The molecule has 17 heavy (non-hydrogen) atoms. The van der Waals surface area contributed by atoms with E-state index < -0.39 is 0 Å². The Morgan fingerprint density at radius 3 is 2.65 bits per heavy atom. The highest BCUT2D eigenvalue weighted by molar-refractivity contribution is 5.97. The molecule has 0 saturated carbocycles. The van der Waals surface area contributed by atoms with Crippen molar-refractivity contribution in [2.75, 3.05) is 25.1 Å². The number of carbonyl (C=O) groups is 1. The van der Waals surface area contributed by atoms with E-state index in [-0.39, 0.29) is 11.7 Å². The van der Waals surface area contributed by atoms with E-state index in [2.05, 4.69) is 9.88 Å². The summed E-state index contributed by atoms with van der Waals surface area (Å²) in [6.07, 6.45) is 1.98. The van der Waals surface area contributed by atoms with E-state index in [0.29, 0.717) is 11.7 Å². The molecule has 2 heterocycles. The first-order valence-electron chi connectivity index (χ1n) is 5.90. The molecule has 1 aliphatic heterocycles. The molecule has 1 aliphatic rings. The van der Waals surface area contributed by atoms with Crippen molar-refractivity contribution in [3.8, 4) is 0 Å². The Morgan fingerprint density at radius 1 is 1.47 bits per heavy atom. The zero-order valence-electron chi connectivity index (χ0n) is 10.5. The van der Waals surface area contributed by atoms with Crippen LogP contribution < -0.4 is 4.90 Å². The smallest absolute Gasteiger partial charge is 0.166 e. The Bertz CT molecular complexity index is 394. The van der Waals surface area contributed by atoms with Gasteiger partial charge in [0, 0.05) is 37.9 Å². The first-order chi connectivity index (χ1) is 8.11. The SMILES string of the molecule is COC1CN(c2ccc(C(=O)C(C)C)cn2)C1. The van der Waals surface area contributed by atoms with Crippen molar-refractivity contribution in [1.82, 2.24) is 4.98 Å². The van der Waals surface area contributed by atoms with Crippen LogP contribution in [-0.4, -0.2) is 37.1 Å². The number of nitrogens with zero attached hydrogens (tertiary/aromatic N) is 2. The Hall–Kier alpha value is -1.42. The van der Waals surface area contributed by atoms with Gasteiger partial charge in [-0.05, 0) is 12.1 Å². The lowest BCUT2D eigenvalue weighted by Gasteiger charge is -2.38. The van der Waals surface area contributed by atoms with Gasteiger partial charge in [0.1, 0.15) is 5.82 Å². The van der Waals surface area contributed by atoms with E-state index >= 15 is 0 Å². The number of rotatable bonds is 4. The molecule has 4 heteroatoms. The van der Waals surface area contributed by atoms with Crippen molar-refractivity contribution >= 4 is 11.6 Å². The molecule has 0 radical (unpaired) electrons. The second kappa shape index (κ2) is 4.84. The zero-order valence-corrected chi connectivity index (χ0v) is 10.5. The molecule has 0 unspecified atom stereocenters. The van der Waals surface area contributed by atoms with Crippen LogP contribution in [0, 0.1) is 5.92 Å². The number of aromatic nitrogens is 1. The van der Waals surface area contributed by atoms with Gasteiger partial charge in [-0.25, -0.2) is 4.98 Å². The average Bonchev–Trinajstić information content (AvgIpc) is 2.27. The van der Waals surface area contributed by atoms with E-state index in [1.54, 1.807) is 13.3 Å². The van der Waals surface area contributed by atoms with E-state index in [4.69, 9.17) is 4.74 Å². The third-order valence-electron chi connectivity index (χ3n) is 3.06. The van der Waals surface area contributed by atoms with Gasteiger partial charge in [0.2, 0.25) is 0 Å². The highest BCUT2D eigenvalue weighted by atomic mass is 16.5. The van der Waals surface area contributed by atoms with E-state index in [9.17, 15) is 4.79 Å². The summed E-state index contributed by atoms with van der Waals surface area (Å²) in [5.74, 6) is 1.07. The minimum absolute atomic E-state index is 0.0181. The molecule has 1 aromatic heterocycles. The van der Waals surface area contributed by atoms with Crippen molar-refractivity contribution < 1.29 is 9.53 Å². The maximum absolute atomic E-state index is 11.7. The van der Waals surface area contributed by atoms with Crippen LogP contribution in [0.15, 0.2) is 18.3 Å². The zero-order chi connectivity index (χ0) is 12.4. The Kier molecular flexibility index (Phi) is 3.43. The number of hydrogen-bond acceptors (Lipinski definition) is 4. The lowest BCUT2D eigenvalue weighted by Crippen LogP contribution is -2.52. The fraction of sp³-hybridized carbons (Fsp3) is 0.538. The summed E-state index contributed by atoms with van der Waals surface area (Å²) < 4.78 is 5.21. The molecular weight excluding hydrogens is 216 g/mol. The summed E-state index contributed by atoms with van der Waals surface area (Å²) in [6.45, 7) is 5.55. The van der Waals surface area contributed by atoms with Crippen LogP contribution in [0.3, 0.4) is 0 Å². The van der Waals surface area contributed by atoms with Crippen molar-refractivity contribution in [2.24, 2.45) is 5.92 Å². The number of anilines is 1. The van der Waals surface area contributed by atoms with Crippen LogP contribution in [0.5, 0.6) is 0 Å². The molecule has 0 amide bonds. The predicted octanol–water partition coefficient (Wildman–Crippen LogP) is 1.76. The quantitative estimate of drug-likeness (QED) is 0.744. The van der Waals surface area contributed by atoms with Crippen LogP contribution >= 0.6 is 0 Å². The first-order valence-corrected chi connectivity index (χ1v) is 5.90. The lowest BCUT2D eigenvalue weighted by molar-refractivity contribution is 0.0783. The second-order valence-electron chi connectivity index (χ2n) is 4.69. The van der Waals surface area contributed by atoms with Crippen molar-refractivity contribution in [1.29, 1.82) is 0 Å². The summed E-state index contributed by atoms with van der Waals surface area (Å²) in [6, 6.07) is 3.76. The Balaban J connectivity index is 2.02. The Labute approximate surface area is 102 Å². The van der Waals surface area contributed by atoms with E-state index in [0.717, 1.165) is 18.9 Å². The number of ketones is 1. The number of carbonyl (C=O) groups excluding carboxylic acids is 1. The molecule has 0 aromatic carbocycles. The Morgan fingerprint density at radius 2 is 2.18 bits per heavy atom. The lowest BCUT2D eigenvalue weighted by atomic mass is 10.0. The van der Waals surface area contributed by atoms with Gasteiger partial charge < -0.3 is 9.64 Å². The molecule has 4 nitrogen and oxygen atoms in total. The summed E-state index contributed by atoms with van der Waals surface area (Å²) in [5.41, 5.74) is 0.688. The van der Waals surface area contributed by atoms with Crippen molar-refractivity contribution in [3.05, 3.63) is 23.9 Å². The predicted molar refractivity (Wildman–Crippen MR) is 66.4 cm³/mol. The van der Waals surface area contributed by atoms with Gasteiger partial charge >= 0.3 is 0 Å². The van der Waals surface area contributed by atoms with E-state index in [1.165, 1.54) is 0 Å². The minimum atomic E-state index is 0.0181. The van der Waals surface area contributed by atoms with Gasteiger partial charge in [0.05, 0.1) is 6.10 Å². The van der Waals surface area contributed by atoms with Crippen molar-refractivity contribution in [2.45, 2.75) is 20.0 Å². The average molecular weight is 234 g/mol. The van der Waals surface area contributed by atoms with Crippen LogP contribution in [0.25, 0.3) is 0 Å².